The molecular formula is C13H16O2S. The molecule has 1 saturated carbocycles. The number of aryl methyl sites for hydroxylation is 2. The molecule has 0 aliphatic heterocycles. The van der Waals surface area contributed by atoms with Crippen LogP contribution in [-0.4, -0.2) is 12.1 Å². The molecule has 0 saturated heterocycles. The van der Waals surface area contributed by atoms with E-state index in [4.69, 9.17) is 0 Å². The number of hydrogen-bond acceptors (Lipinski definition) is 3. The molecule has 2 nitrogen and oxygen atoms in total. The number of carbonyl (C=O) groups is 2. The zero-order valence-corrected chi connectivity index (χ0v) is 10.5. The summed E-state index contributed by atoms with van der Waals surface area (Å²) in [4.78, 5) is 25.1. The summed E-state index contributed by atoms with van der Waals surface area (Å²) in [7, 11) is 0. The predicted molar refractivity (Wildman–Crippen MR) is 65.0 cm³/mol. The van der Waals surface area contributed by atoms with Crippen LogP contribution in [0.25, 0.3) is 0 Å². The summed E-state index contributed by atoms with van der Waals surface area (Å²) >= 11 is 1.70. The quantitative estimate of drug-likeness (QED) is 0.740. The second kappa shape index (κ2) is 4.13. The summed E-state index contributed by atoms with van der Waals surface area (Å²) in [6.45, 7) is 4.12. The smallest absolute Gasteiger partial charge is 0.133 e. The van der Waals surface area contributed by atoms with Gasteiger partial charge in [0, 0.05) is 22.6 Å². The predicted octanol–water partition coefficient (Wildman–Crippen LogP) is 2.94. The summed E-state index contributed by atoms with van der Waals surface area (Å²) < 4.78 is 0. The van der Waals surface area contributed by atoms with E-state index in [0.29, 0.717) is 31.5 Å². The largest absolute Gasteiger partial charge is 0.302 e. The minimum Gasteiger partial charge on any atom is -0.302 e. The second-order valence-electron chi connectivity index (χ2n) is 4.68. The average molecular weight is 236 g/mol. The van der Waals surface area contributed by atoms with Crippen molar-refractivity contribution in [2.24, 2.45) is 0 Å². The number of thiophene rings is 1. The standard InChI is InChI=1S/C13H16O2S/c1-9-7-10(2)16-12(9)13(8-14)5-3-11(15)4-6-13/h7-8H,3-6H2,1-2H3. The van der Waals surface area contributed by atoms with Crippen LogP contribution < -0.4 is 0 Å². The molecule has 16 heavy (non-hydrogen) atoms. The van der Waals surface area contributed by atoms with Gasteiger partial charge in [-0.3, -0.25) is 4.79 Å². The van der Waals surface area contributed by atoms with Crippen molar-refractivity contribution in [3.8, 4) is 0 Å². The zero-order chi connectivity index (χ0) is 11.8. The Morgan fingerprint density at radius 1 is 1.31 bits per heavy atom. The van der Waals surface area contributed by atoms with Crippen LogP contribution in [0.3, 0.4) is 0 Å². The van der Waals surface area contributed by atoms with Crippen LogP contribution in [0.15, 0.2) is 6.07 Å². The lowest BCUT2D eigenvalue weighted by atomic mass is 9.73. The fourth-order valence-corrected chi connectivity index (χ4v) is 3.74. The van der Waals surface area contributed by atoms with E-state index in [1.54, 1.807) is 11.3 Å². The summed E-state index contributed by atoms with van der Waals surface area (Å²) in [5, 5.41) is 0. The second-order valence-corrected chi connectivity index (χ2v) is 5.94. The molecule has 0 radical (unpaired) electrons. The highest BCUT2D eigenvalue weighted by atomic mass is 32.1. The van der Waals surface area contributed by atoms with Gasteiger partial charge in [-0.2, -0.15) is 0 Å². The van der Waals surface area contributed by atoms with E-state index in [2.05, 4.69) is 19.9 Å². The molecule has 2 rings (SSSR count). The Kier molecular flexibility index (Phi) is 2.98. The normalized spacial score (nSPS) is 19.8. The van der Waals surface area contributed by atoms with Crippen LogP contribution in [0.2, 0.25) is 0 Å². The van der Waals surface area contributed by atoms with Gasteiger partial charge in [0.05, 0.1) is 5.41 Å². The van der Waals surface area contributed by atoms with Crippen LogP contribution in [0.4, 0.5) is 0 Å². The maximum Gasteiger partial charge on any atom is 0.133 e. The number of rotatable bonds is 2. The van der Waals surface area contributed by atoms with Crippen molar-refractivity contribution < 1.29 is 9.59 Å². The Labute approximate surface area is 99.7 Å². The van der Waals surface area contributed by atoms with Crippen molar-refractivity contribution in [2.75, 3.05) is 0 Å². The third-order valence-electron chi connectivity index (χ3n) is 3.42. The molecule has 86 valence electrons. The molecule has 1 aliphatic carbocycles. The van der Waals surface area contributed by atoms with E-state index < -0.39 is 0 Å². The highest BCUT2D eigenvalue weighted by Crippen LogP contribution is 2.41. The van der Waals surface area contributed by atoms with E-state index in [1.807, 2.05) is 0 Å². The fraction of sp³-hybridized carbons (Fsp3) is 0.538. The molecule has 1 aromatic heterocycles. The van der Waals surface area contributed by atoms with Gasteiger partial charge in [0.1, 0.15) is 12.1 Å². The maximum atomic E-state index is 11.4. The lowest BCUT2D eigenvalue weighted by Gasteiger charge is -2.31. The van der Waals surface area contributed by atoms with Crippen LogP contribution >= 0.6 is 11.3 Å². The van der Waals surface area contributed by atoms with E-state index >= 15 is 0 Å². The number of Topliss-reactive ketones (excluding diaryl/α,β-unsaturated/α-hetero) is 1. The molecule has 1 aromatic rings. The SMILES string of the molecule is Cc1cc(C)c(C2(C=O)CCC(=O)CC2)s1. The van der Waals surface area contributed by atoms with Crippen LogP contribution in [-0.2, 0) is 15.0 Å². The van der Waals surface area contributed by atoms with E-state index in [1.165, 1.54) is 15.3 Å². The van der Waals surface area contributed by atoms with Crippen molar-refractivity contribution in [3.63, 3.8) is 0 Å². The van der Waals surface area contributed by atoms with Crippen LogP contribution in [0.1, 0.15) is 41.0 Å². The lowest BCUT2D eigenvalue weighted by molar-refractivity contribution is -0.123. The van der Waals surface area contributed by atoms with E-state index in [9.17, 15) is 9.59 Å². The lowest BCUT2D eigenvalue weighted by Crippen LogP contribution is -2.33. The van der Waals surface area contributed by atoms with Crippen molar-refractivity contribution >= 4 is 23.4 Å². The highest BCUT2D eigenvalue weighted by Gasteiger charge is 2.38. The Bertz CT molecular complexity index is 421. The van der Waals surface area contributed by atoms with Crippen molar-refractivity contribution in [3.05, 3.63) is 21.4 Å². The van der Waals surface area contributed by atoms with Gasteiger partial charge in [-0.15, -0.1) is 11.3 Å². The maximum absolute atomic E-state index is 11.4. The monoisotopic (exact) mass is 236 g/mol. The minimum absolute atomic E-state index is 0.295. The van der Waals surface area contributed by atoms with Gasteiger partial charge in [0.2, 0.25) is 0 Å². The molecule has 1 heterocycles. The first-order chi connectivity index (χ1) is 7.57. The minimum atomic E-state index is -0.378. The number of ketones is 1. The van der Waals surface area contributed by atoms with Crippen molar-refractivity contribution in [1.29, 1.82) is 0 Å². The molecule has 0 bridgehead atoms. The van der Waals surface area contributed by atoms with Gasteiger partial charge in [-0.25, -0.2) is 0 Å². The Morgan fingerprint density at radius 2 is 1.94 bits per heavy atom. The highest BCUT2D eigenvalue weighted by molar-refractivity contribution is 7.12. The Balaban J connectivity index is 2.38. The number of carbonyl (C=O) groups excluding carboxylic acids is 2. The molecular weight excluding hydrogens is 220 g/mol. The van der Waals surface area contributed by atoms with E-state index in [-0.39, 0.29) is 5.41 Å². The molecule has 0 N–H and O–H groups in total. The first kappa shape index (κ1) is 11.5. The molecule has 0 unspecified atom stereocenters. The molecule has 1 fully saturated rings. The van der Waals surface area contributed by atoms with Gasteiger partial charge in [0.25, 0.3) is 0 Å². The third kappa shape index (κ3) is 1.84. The molecule has 0 amide bonds. The van der Waals surface area contributed by atoms with Crippen LogP contribution in [0, 0.1) is 13.8 Å². The summed E-state index contributed by atoms with van der Waals surface area (Å²) in [5.74, 6) is 0.295. The van der Waals surface area contributed by atoms with Gasteiger partial charge >= 0.3 is 0 Å². The zero-order valence-electron chi connectivity index (χ0n) is 9.71. The molecule has 0 atom stereocenters. The summed E-state index contributed by atoms with van der Waals surface area (Å²) in [6, 6.07) is 2.13. The third-order valence-corrected chi connectivity index (χ3v) is 4.79. The van der Waals surface area contributed by atoms with Crippen molar-refractivity contribution in [1.82, 2.24) is 0 Å². The summed E-state index contributed by atoms with van der Waals surface area (Å²) in [6.07, 6.45) is 3.55. The molecule has 0 aromatic carbocycles. The first-order valence-corrected chi connectivity index (χ1v) is 6.44. The topological polar surface area (TPSA) is 34.1 Å². The van der Waals surface area contributed by atoms with Gasteiger partial charge in [-0.05, 0) is 38.3 Å². The van der Waals surface area contributed by atoms with Gasteiger partial charge in [0.15, 0.2) is 0 Å². The number of aldehydes is 1. The average Bonchev–Trinajstić information content (AvgIpc) is 2.60. The van der Waals surface area contributed by atoms with Gasteiger partial charge in [-0.1, -0.05) is 0 Å². The first-order valence-electron chi connectivity index (χ1n) is 5.63. The van der Waals surface area contributed by atoms with Crippen molar-refractivity contribution in [2.45, 2.75) is 44.9 Å². The van der Waals surface area contributed by atoms with E-state index in [0.717, 1.165) is 6.29 Å². The number of hydrogen-bond donors (Lipinski definition) is 0. The Morgan fingerprint density at radius 3 is 2.38 bits per heavy atom. The van der Waals surface area contributed by atoms with Crippen LogP contribution in [0.5, 0.6) is 0 Å². The molecule has 3 heteroatoms. The molecule has 1 aliphatic rings. The summed E-state index contributed by atoms with van der Waals surface area (Å²) in [5.41, 5.74) is 0.820. The molecule has 0 spiro atoms. The Hall–Kier alpha value is -0.960. The van der Waals surface area contributed by atoms with Gasteiger partial charge < -0.3 is 4.79 Å². The fourth-order valence-electron chi connectivity index (χ4n) is 2.51.